The lowest BCUT2D eigenvalue weighted by molar-refractivity contribution is 0.240. The first-order chi connectivity index (χ1) is 12.2. The third-order valence-corrected chi connectivity index (χ3v) is 3.64. The molecule has 0 bridgehead atoms. The molecule has 7 heteroatoms. The molecule has 7 nitrogen and oxygen atoms in total. The molecule has 0 fully saturated rings. The van der Waals surface area contributed by atoms with Crippen LogP contribution in [0.5, 0.6) is 17.2 Å². The van der Waals surface area contributed by atoms with Crippen LogP contribution in [0.4, 0.5) is 4.79 Å². The van der Waals surface area contributed by atoms with Crippen LogP contribution in [0.3, 0.4) is 0 Å². The Bertz CT molecular complexity index is 692. The fraction of sp³-hybridized carbons (Fsp3) is 0.333. The summed E-state index contributed by atoms with van der Waals surface area (Å²) in [5, 5.41) is 5.61. The highest BCUT2D eigenvalue weighted by atomic mass is 16.5. The van der Waals surface area contributed by atoms with Gasteiger partial charge >= 0.3 is 6.03 Å². The summed E-state index contributed by atoms with van der Waals surface area (Å²) in [5.41, 5.74) is 1.87. The fourth-order valence-corrected chi connectivity index (χ4v) is 2.35. The molecule has 0 saturated heterocycles. The van der Waals surface area contributed by atoms with Crippen LogP contribution >= 0.6 is 0 Å². The summed E-state index contributed by atoms with van der Waals surface area (Å²) in [7, 11) is 4.75. The Morgan fingerprint density at radius 1 is 1.04 bits per heavy atom. The van der Waals surface area contributed by atoms with Crippen LogP contribution < -0.4 is 24.8 Å². The number of urea groups is 1. The zero-order valence-electron chi connectivity index (χ0n) is 14.7. The number of amides is 2. The van der Waals surface area contributed by atoms with E-state index in [2.05, 4.69) is 15.6 Å². The molecule has 0 aliphatic carbocycles. The van der Waals surface area contributed by atoms with Gasteiger partial charge in [0.25, 0.3) is 0 Å². The Hall–Kier alpha value is -2.96. The van der Waals surface area contributed by atoms with Crippen LogP contribution in [0.25, 0.3) is 0 Å². The smallest absolute Gasteiger partial charge is 0.315 e. The van der Waals surface area contributed by atoms with Gasteiger partial charge in [0.05, 0.1) is 21.3 Å². The summed E-state index contributed by atoms with van der Waals surface area (Å²) in [4.78, 5) is 15.9. The SMILES string of the molecule is COc1cc(OC)c(OC)cc1CCNC(=O)NCc1cccnc1. The van der Waals surface area contributed by atoms with Crippen molar-refractivity contribution >= 4 is 6.03 Å². The van der Waals surface area contributed by atoms with Crippen LogP contribution in [-0.2, 0) is 13.0 Å². The number of carbonyl (C=O) groups excluding carboxylic acids is 1. The standard InChI is InChI=1S/C18H23N3O4/c1-23-15-10-17(25-3)16(24-2)9-14(15)6-8-20-18(22)21-12-13-5-4-7-19-11-13/h4-5,7,9-11H,6,8,12H2,1-3H3,(H2,20,21,22). The minimum atomic E-state index is -0.233. The third kappa shape index (κ3) is 5.27. The van der Waals surface area contributed by atoms with E-state index in [9.17, 15) is 4.79 Å². The average molecular weight is 345 g/mol. The van der Waals surface area contributed by atoms with Crippen LogP contribution in [0.15, 0.2) is 36.7 Å². The molecule has 2 aromatic rings. The molecule has 1 heterocycles. The number of benzene rings is 1. The number of ether oxygens (including phenoxy) is 3. The van der Waals surface area contributed by atoms with Crippen molar-refractivity contribution < 1.29 is 19.0 Å². The average Bonchev–Trinajstić information content (AvgIpc) is 2.66. The quantitative estimate of drug-likeness (QED) is 0.766. The Morgan fingerprint density at radius 3 is 2.40 bits per heavy atom. The lowest BCUT2D eigenvalue weighted by atomic mass is 10.1. The van der Waals surface area contributed by atoms with Gasteiger partial charge in [0.15, 0.2) is 11.5 Å². The number of methoxy groups -OCH3 is 3. The van der Waals surface area contributed by atoms with Crippen molar-refractivity contribution in [1.82, 2.24) is 15.6 Å². The van der Waals surface area contributed by atoms with Gasteiger partial charge in [0.2, 0.25) is 0 Å². The van der Waals surface area contributed by atoms with E-state index in [1.807, 2.05) is 18.2 Å². The highest BCUT2D eigenvalue weighted by molar-refractivity contribution is 5.73. The van der Waals surface area contributed by atoms with Crippen LogP contribution in [-0.4, -0.2) is 38.9 Å². The van der Waals surface area contributed by atoms with Gasteiger partial charge in [-0.15, -0.1) is 0 Å². The zero-order chi connectivity index (χ0) is 18.1. The Labute approximate surface area is 147 Å². The van der Waals surface area contributed by atoms with E-state index in [4.69, 9.17) is 14.2 Å². The van der Waals surface area contributed by atoms with Gasteiger partial charge < -0.3 is 24.8 Å². The summed E-state index contributed by atoms with van der Waals surface area (Å²) in [6.07, 6.45) is 4.01. The molecular formula is C18H23N3O4. The maximum atomic E-state index is 11.9. The van der Waals surface area contributed by atoms with Crippen molar-refractivity contribution in [2.24, 2.45) is 0 Å². The van der Waals surface area contributed by atoms with Crippen molar-refractivity contribution in [3.05, 3.63) is 47.8 Å². The monoisotopic (exact) mass is 345 g/mol. The predicted molar refractivity (Wildman–Crippen MR) is 94.3 cm³/mol. The minimum absolute atomic E-state index is 0.233. The van der Waals surface area contributed by atoms with Crippen molar-refractivity contribution in [2.45, 2.75) is 13.0 Å². The van der Waals surface area contributed by atoms with Crippen LogP contribution in [0.2, 0.25) is 0 Å². The van der Waals surface area contributed by atoms with Crippen LogP contribution in [0.1, 0.15) is 11.1 Å². The van der Waals surface area contributed by atoms with Crippen molar-refractivity contribution in [2.75, 3.05) is 27.9 Å². The van der Waals surface area contributed by atoms with Gasteiger partial charge in [-0.05, 0) is 29.7 Å². The molecule has 2 N–H and O–H groups in total. The van der Waals surface area contributed by atoms with Gasteiger partial charge in [0, 0.05) is 31.5 Å². The number of hydrogen-bond donors (Lipinski definition) is 2. The van der Waals surface area contributed by atoms with E-state index in [0.717, 1.165) is 11.1 Å². The molecule has 25 heavy (non-hydrogen) atoms. The number of hydrogen-bond acceptors (Lipinski definition) is 5. The maximum absolute atomic E-state index is 11.9. The maximum Gasteiger partial charge on any atom is 0.315 e. The second-order valence-electron chi connectivity index (χ2n) is 5.24. The molecule has 0 atom stereocenters. The fourth-order valence-electron chi connectivity index (χ4n) is 2.35. The largest absolute Gasteiger partial charge is 0.496 e. The molecule has 1 aromatic carbocycles. The second-order valence-corrected chi connectivity index (χ2v) is 5.24. The number of nitrogens with zero attached hydrogens (tertiary/aromatic N) is 1. The Morgan fingerprint density at radius 2 is 1.76 bits per heavy atom. The van der Waals surface area contributed by atoms with E-state index in [1.165, 1.54) is 0 Å². The predicted octanol–water partition coefficient (Wildman–Crippen LogP) is 2.15. The Balaban J connectivity index is 1.87. The van der Waals surface area contributed by atoms with Gasteiger partial charge in [0.1, 0.15) is 5.75 Å². The number of rotatable bonds is 8. The number of pyridine rings is 1. The van der Waals surface area contributed by atoms with Crippen molar-refractivity contribution in [1.29, 1.82) is 0 Å². The van der Waals surface area contributed by atoms with Crippen molar-refractivity contribution in [3.63, 3.8) is 0 Å². The molecule has 2 amide bonds. The van der Waals surface area contributed by atoms with E-state index < -0.39 is 0 Å². The first-order valence-electron chi connectivity index (χ1n) is 7.87. The van der Waals surface area contributed by atoms with Crippen molar-refractivity contribution in [3.8, 4) is 17.2 Å². The minimum Gasteiger partial charge on any atom is -0.496 e. The summed E-state index contributed by atoms with van der Waals surface area (Å²) in [6.45, 7) is 0.893. The summed E-state index contributed by atoms with van der Waals surface area (Å²) < 4.78 is 15.9. The number of nitrogens with one attached hydrogen (secondary N) is 2. The summed E-state index contributed by atoms with van der Waals surface area (Å²) >= 11 is 0. The first-order valence-corrected chi connectivity index (χ1v) is 7.87. The number of aromatic nitrogens is 1. The summed E-state index contributed by atoms with van der Waals surface area (Å²) in [6, 6.07) is 7.13. The topological polar surface area (TPSA) is 81.7 Å². The zero-order valence-corrected chi connectivity index (χ0v) is 14.7. The molecule has 1 aromatic heterocycles. The lowest BCUT2D eigenvalue weighted by Crippen LogP contribution is -2.36. The lowest BCUT2D eigenvalue weighted by Gasteiger charge is -2.14. The van der Waals surface area contributed by atoms with E-state index >= 15 is 0 Å². The van der Waals surface area contributed by atoms with Gasteiger partial charge in [-0.2, -0.15) is 0 Å². The Kier molecular flexibility index (Phi) is 6.88. The summed E-state index contributed by atoms with van der Waals surface area (Å²) in [5.74, 6) is 1.92. The van der Waals surface area contributed by atoms with Gasteiger partial charge in [-0.1, -0.05) is 6.07 Å². The third-order valence-electron chi connectivity index (χ3n) is 3.64. The molecular weight excluding hydrogens is 322 g/mol. The van der Waals surface area contributed by atoms with Crippen LogP contribution in [0, 0.1) is 0 Å². The molecule has 134 valence electrons. The molecule has 0 spiro atoms. The highest BCUT2D eigenvalue weighted by Gasteiger charge is 2.12. The van der Waals surface area contributed by atoms with E-state index in [-0.39, 0.29) is 6.03 Å². The molecule has 0 unspecified atom stereocenters. The molecule has 0 saturated carbocycles. The number of carbonyl (C=O) groups is 1. The second kappa shape index (κ2) is 9.36. The highest BCUT2D eigenvalue weighted by Crippen LogP contribution is 2.34. The van der Waals surface area contributed by atoms with Gasteiger partial charge in [-0.3, -0.25) is 4.98 Å². The van der Waals surface area contributed by atoms with Gasteiger partial charge in [-0.25, -0.2) is 4.79 Å². The molecule has 0 radical (unpaired) electrons. The molecule has 0 aliphatic heterocycles. The van der Waals surface area contributed by atoms with E-state index in [1.54, 1.807) is 39.8 Å². The first kappa shape index (κ1) is 18.4. The molecule has 0 aliphatic rings. The van der Waals surface area contributed by atoms with E-state index in [0.29, 0.717) is 36.8 Å². The molecule has 2 rings (SSSR count). The normalized spacial score (nSPS) is 10.0.